The number of halogens is 4. The second-order valence-electron chi connectivity index (χ2n) is 4.53. The Morgan fingerprint density at radius 3 is 2.12 bits per heavy atom. The average molecular weight is 307 g/mol. The standard InChI is InChI=1S/C13H14BrF3/c14-12-4-2-1-3-11(12)9-5-7-10(8-6-9)13(15,16)17/h5-8,11-12H,1-4H2. The van der Waals surface area contributed by atoms with Crippen LogP contribution in [0.2, 0.25) is 0 Å². The number of alkyl halides is 4. The Morgan fingerprint density at radius 2 is 1.59 bits per heavy atom. The van der Waals surface area contributed by atoms with Crippen molar-refractivity contribution in [2.75, 3.05) is 0 Å². The highest BCUT2D eigenvalue weighted by Crippen LogP contribution is 2.38. The Kier molecular flexibility index (Phi) is 3.81. The van der Waals surface area contributed by atoms with Crippen molar-refractivity contribution in [3.05, 3.63) is 35.4 Å². The molecule has 2 rings (SSSR count). The molecule has 0 aromatic heterocycles. The summed E-state index contributed by atoms with van der Waals surface area (Å²) in [6, 6.07) is 5.60. The second-order valence-corrected chi connectivity index (χ2v) is 5.70. The predicted octanol–water partition coefficient (Wildman–Crippen LogP) is 5.13. The van der Waals surface area contributed by atoms with Crippen molar-refractivity contribution >= 4 is 15.9 Å². The molecule has 0 bridgehead atoms. The molecule has 2 atom stereocenters. The number of benzene rings is 1. The molecule has 17 heavy (non-hydrogen) atoms. The molecule has 0 radical (unpaired) electrons. The largest absolute Gasteiger partial charge is 0.416 e. The zero-order valence-electron chi connectivity index (χ0n) is 9.30. The molecular formula is C13H14BrF3. The van der Waals surface area contributed by atoms with Crippen molar-refractivity contribution in [1.29, 1.82) is 0 Å². The smallest absolute Gasteiger partial charge is 0.166 e. The normalized spacial score (nSPS) is 25.9. The fraction of sp³-hybridized carbons (Fsp3) is 0.538. The molecule has 0 aliphatic heterocycles. The summed E-state index contributed by atoms with van der Waals surface area (Å²) in [5.74, 6) is 0.353. The van der Waals surface area contributed by atoms with Crippen LogP contribution in [0, 0.1) is 0 Å². The summed E-state index contributed by atoms with van der Waals surface area (Å²) < 4.78 is 37.3. The van der Waals surface area contributed by atoms with Gasteiger partial charge in [0.05, 0.1) is 5.56 Å². The third-order valence-corrected chi connectivity index (χ3v) is 4.44. The molecule has 0 spiro atoms. The molecular weight excluding hydrogens is 293 g/mol. The zero-order chi connectivity index (χ0) is 12.5. The van der Waals surface area contributed by atoms with Gasteiger partial charge in [-0.1, -0.05) is 40.9 Å². The highest BCUT2D eigenvalue weighted by molar-refractivity contribution is 9.09. The lowest BCUT2D eigenvalue weighted by Gasteiger charge is -2.27. The van der Waals surface area contributed by atoms with E-state index in [0.717, 1.165) is 24.8 Å². The van der Waals surface area contributed by atoms with E-state index in [0.29, 0.717) is 10.7 Å². The summed E-state index contributed by atoms with van der Waals surface area (Å²) in [7, 11) is 0. The van der Waals surface area contributed by atoms with E-state index in [9.17, 15) is 13.2 Å². The molecule has 4 heteroatoms. The first-order chi connectivity index (χ1) is 7.98. The van der Waals surface area contributed by atoms with Crippen molar-refractivity contribution in [3.8, 4) is 0 Å². The molecule has 2 unspecified atom stereocenters. The van der Waals surface area contributed by atoms with Crippen LogP contribution in [0.15, 0.2) is 24.3 Å². The van der Waals surface area contributed by atoms with E-state index < -0.39 is 11.7 Å². The van der Waals surface area contributed by atoms with E-state index in [2.05, 4.69) is 15.9 Å². The number of hydrogen-bond acceptors (Lipinski definition) is 0. The first-order valence-electron chi connectivity index (χ1n) is 5.80. The molecule has 0 saturated heterocycles. The summed E-state index contributed by atoms with van der Waals surface area (Å²) in [5, 5.41) is 0. The Morgan fingerprint density at radius 1 is 1.00 bits per heavy atom. The minimum absolute atomic E-state index is 0.353. The van der Waals surface area contributed by atoms with Gasteiger partial charge in [-0.3, -0.25) is 0 Å². The Hall–Kier alpha value is -0.510. The molecule has 0 nitrogen and oxygen atoms in total. The van der Waals surface area contributed by atoms with Gasteiger partial charge in [-0.2, -0.15) is 13.2 Å². The highest BCUT2D eigenvalue weighted by atomic mass is 79.9. The quantitative estimate of drug-likeness (QED) is 0.631. The molecule has 0 amide bonds. The summed E-state index contributed by atoms with van der Waals surface area (Å²) in [5.41, 5.74) is 0.447. The third kappa shape index (κ3) is 3.03. The van der Waals surface area contributed by atoms with Crippen LogP contribution in [0.3, 0.4) is 0 Å². The van der Waals surface area contributed by atoms with E-state index in [1.54, 1.807) is 12.1 Å². The molecule has 1 aromatic carbocycles. The van der Waals surface area contributed by atoms with Gasteiger partial charge in [0.15, 0.2) is 0 Å². The van der Waals surface area contributed by atoms with Gasteiger partial charge in [0.25, 0.3) is 0 Å². The minimum atomic E-state index is -4.24. The Labute approximate surface area is 107 Å². The van der Waals surface area contributed by atoms with Crippen LogP contribution in [-0.4, -0.2) is 4.83 Å². The van der Waals surface area contributed by atoms with Crippen LogP contribution in [-0.2, 0) is 6.18 Å². The maximum absolute atomic E-state index is 12.4. The average Bonchev–Trinajstić information content (AvgIpc) is 2.29. The highest BCUT2D eigenvalue weighted by Gasteiger charge is 2.31. The SMILES string of the molecule is FC(F)(F)c1ccc(C2CCCCC2Br)cc1. The maximum Gasteiger partial charge on any atom is 0.416 e. The maximum atomic E-state index is 12.4. The van der Waals surface area contributed by atoms with Crippen molar-refractivity contribution in [2.24, 2.45) is 0 Å². The topological polar surface area (TPSA) is 0 Å². The first-order valence-corrected chi connectivity index (χ1v) is 6.71. The lowest BCUT2D eigenvalue weighted by Crippen LogP contribution is -2.17. The van der Waals surface area contributed by atoms with Crippen molar-refractivity contribution in [2.45, 2.75) is 42.6 Å². The third-order valence-electron chi connectivity index (χ3n) is 3.35. The summed E-state index contributed by atoms with van der Waals surface area (Å²) in [6.07, 6.45) is 0.284. The Bertz CT molecular complexity index is 369. The van der Waals surface area contributed by atoms with Crippen molar-refractivity contribution in [3.63, 3.8) is 0 Å². The zero-order valence-corrected chi connectivity index (χ0v) is 10.9. The monoisotopic (exact) mass is 306 g/mol. The van der Waals surface area contributed by atoms with Crippen molar-refractivity contribution in [1.82, 2.24) is 0 Å². The van der Waals surface area contributed by atoms with Crippen LogP contribution in [0.5, 0.6) is 0 Å². The molecule has 1 aromatic rings. The summed E-state index contributed by atoms with van der Waals surface area (Å²) >= 11 is 3.63. The van der Waals surface area contributed by atoms with Gasteiger partial charge in [-0.15, -0.1) is 0 Å². The lowest BCUT2D eigenvalue weighted by molar-refractivity contribution is -0.137. The summed E-state index contributed by atoms with van der Waals surface area (Å²) in [6.45, 7) is 0. The van der Waals surface area contributed by atoms with Gasteiger partial charge >= 0.3 is 6.18 Å². The number of hydrogen-bond donors (Lipinski definition) is 0. The molecule has 0 heterocycles. The molecule has 94 valence electrons. The fourth-order valence-corrected chi connectivity index (χ4v) is 3.27. The van der Waals surface area contributed by atoms with Crippen LogP contribution < -0.4 is 0 Å². The Balaban J connectivity index is 2.17. The van der Waals surface area contributed by atoms with E-state index in [1.807, 2.05) is 0 Å². The van der Waals surface area contributed by atoms with Gasteiger partial charge in [0, 0.05) is 4.83 Å². The second kappa shape index (κ2) is 5.01. The van der Waals surface area contributed by atoms with Crippen LogP contribution >= 0.6 is 15.9 Å². The van der Waals surface area contributed by atoms with Gasteiger partial charge in [0.2, 0.25) is 0 Å². The van der Waals surface area contributed by atoms with E-state index in [1.165, 1.54) is 18.6 Å². The number of rotatable bonds is 1. The van der Waals surface area contributed by atoms with Gasteiger partial charge in [-0.05, 0) is 36.5 Å². The van der Waals surface area contributed by atoms with Crippen molar-refractivity contribution < 1.29 is 13.2 Å². The molecule has 1 saturated carbocycles. The molecule has 1 aliphatic rings. The minimum Gasteiger partial charge on any atom is -0.166 e. The van der Waals surface area contributed by atoms with E-state index in [-0.39, 0.29) is 0 Å². The van der Waals surface area contributed by atoms with Gasteiger partial charge < -0.3 is 0 Å². The van der Waals surface area contributed by atoms with E-state index in [4.69, 9.17) is 0 Å². The van der Waals surface area contributed by atoms with Gasteiger partial charge in [-0.25, -0.2) is 0 Å². The lowest BCUT2D eigenvalue weighted by atomic mass is 9.84. The molecule has 0 N–H and O–H groups in total. The first kappa shape index (κ1) is 12.9. The van der Waals surface area contributed by atoms with Crippen LogP contribution in [0.25, 0.3) is 0 Å². The molecule has 1 aliphatic carbocycles. The molecule has 1 fully saturated rings. The fourth-order valence-electron chi connectivity index (χ4n) is 2.38. The van der Waals surface area contributed by atoms with E-state index >= 15 is 0 Å². The van der Waals surface area contributed by atoms with Crippen LogP contribution in [0.1, 0.15) is 42.7 Å². The van der Waals surface area contributed by atoms with Crippen LogP contribution in [0.4, 0.5) is 13.2 Å². The predicted molar refractivity (Wildman–Crippen MR) is 65.4 cm³/mol. The van der Waals surface area contributed by atoms with Gasteiger partial charge in [0.1, 0.15) is 0 Å². The summed E-state index contributed by atoms with van der Waals surface area (Å²) in [4.78, 5) is 0.396.